The van der Waals surface area contributed by atoms with Gasteiger partial charge in [-0.3, -0.25) is 4.18 Å². The van der Waals surface area contributed by atoms with Gasteiger partial charge >= 0.3 is 6.09 Å². The van der Waals surface area contributed by atoms with Crippen LogP contribution in [0.4, 0.5) is 4.79 Å². The first-order valence-corrected chi connectivity index (χ1v) is 9.71. The largest absolute Gasteiger partial charge is 0.444 e. The van der Waals surface area contributed by atoms with Gasteiger partial charge in [0.1, 0.15) is 17.7 Å². The fourth-order valence-corrected chi connectivity index (χ4v) is 3.18. The number of ether oxygens (including phenoxy) is 1. The molecule has 0 radical (unpaired) electrons. The van der Waals surface area contributed by atoms with Crippen molar-refractivity contribution in [3.63, 3.8) is 0 Å². The van der Waals surface area contributed by atoms with Gasteiger partial charge in [0.2, 0.25) is 0 Å². The lowest BCUT2D eigenvalue weighted by molar-refractivity contribution is 0.0275. The van der Waals surface area contributed by atoms with E-state index < -0.39 is 34.0 Å². The number of amides is 1. The number of nitrogens with zero attached hydrogens (tertiary/aromatic N) is 4. The zero-order valence-electron chi connectivity index (χ0n) is 15.1. The Bertz CT molecular complexity index is 711. The van der Waals surface area contributed by atoms with Crippen molar-refractivity contribution >= 4 is 16.2 Å². The highest BCUT2D eigenvalue weighted by atomic mass is 32.2. The van der Waals surface area contributed by atoms with E-state index in [9.17, 15) is 13.2 Å². The molecule has 0 aromatic carbocycles. The van der Waals surface area contributed by atoms with E-state index in [1.807, 2.05) is 0 Å². The molecular formula is C14H25N5O5S. The predicted molar refractivity (Wildman–Crippen MR) is 89.3 cm³/mol. The third-order valence-electron chi connectivity index (χ3n) is 3.44. The Hall–Kier alpha value is -1.72. The Morgan fingerprint density at radius 1 is 1.40 bits per heavy atom. The van der Waals surface area contributed by atoms with Gasteiger partial charge in [-0.2, -0.15) is 8.42 Å². The molecule has 2 heterocycles. The normalized spacial score (nSPS) is 21.6. The average Bonchev–Trinajstić information content (AvgIpc) is 3.02. The van der Waals surface area contributed by atoms with E-state index in [0.717, 1.165) is 6.26 Å². The molecule has 1 fully saturated rings. The van der Waals surface area contributed by atoms with Gasteiger partial charge in [-0.25, -0.2) is 9.48 Å². The zero-order valence-corrected chi connectivity index (χ0v) is 15.9. The number of aromatic nitrogens is 3. The maximum Gasteiger partial charge on any atom is 0.410 e. The van der Waals surface area contributed by atoms with Crippen LogP contribution in [-0.4, -0.2) is 72.5 Å². The molecule has 1 aliphatic rings. The van der Waals surface area contributed by atoms with Crippen molar-refractivity contribution in [3.05, 3.63) is 11.9 Å². The van der Waals surface area contributed by atoms with Gasteiger partial charge in [0.15, 0.2) is 0 Å². The van der Waals surface area contributed by atoms with E-state index in [4.69, 9.17) is 8.92 Å². The molecule has 1 aliphatic heterocycles. The van der Waals surface area contributed by atoms with Crippen LogP contribution >= 0.6 is 0 Å². The lowest BCUT2D eigenvalue weighted by atomic mass is 10.2. The van der Waals surface area contributed by atoms with Crippen molar-refractivity contribution < 1.29 is 22.1 Å². The molecule has 1 N–H and O–H groups in total. The van der Waals surface area contributed by atoms with Gasteiger partial charge in [-0.15, -0.1) is 5.10 Å². The topological polar surface area (TPSA) is 116 Å². The van der Waals surface area contributed by atoms with E-state index in [0.29, 0.717) is 12.2 Å². The maximum atomic E-state index is 12.3. The molecule has 25 heavy (non-hydrogen) atoms. The van der Waals surface area contributed by atoms with E-state index in [1.165, 1.54) is 9.58 Å². The molecule has 142 valence electrons. The van der Waals surface area contributed by atoms with Crippen LogP contribution in [0.5, 0.6) is 0 Å². The molecule has 0 unspecified atom stereocenters. The van der Waals surface area contributed by atoms with Gasteiger partial charge < -0.3 is 15.0 Å². The van der Waals surface area contributed by atoms with Crippen LogP contribution in [-0.2, 0) is 25.6 Å². The van der Waals surface area contributed by atoms with E-state index in [-0.39, 0.29) is 13.1 Å². The van der Waals surface area contributed by atoms with Crippen molar-refractivity contribution in [2.45, 2.75) is 45.1 Å². The summed E-state index contributed by atoms with van der Waals surface area (Å²) in [7, 11) is -1.90. The smallest absolute Gasteiger partial charge is 0.410 e. The number of hydrogen-bond donors (Lipinski definition) is 1. The van der Waals surface area contributed by atoms with E-state index in [1.54, 1.807) is 34.0 Å². The summed E-state index contributed by atoms with van der Waals surface area (Å²) in [5, 5.41) is 11.0. The lowest BCUT2D eigenvalue weighted by Crippen LogP contribution is -2.36. The highest BCUT2D eigenvalue weighted by Gasteiger charge is 2.41. The van der Waals surface area contributed by atoms with Gasteiger partial charge in [-0.1, -0.05) is 5.21 Å². The van der Waals surface area contributed by atoms with Gasteiger partial charge in [0.05, 0.1) is 24.7 Å². The van der Waals surface area contributed by atoms with Crippen molar-refractivity contribution in [1.82, 2.24) is 25.2 Å². The van der Waals surface area contributed by atoms with E-state index >= 15 is 0 Å². The standard InChI is InChI=1S/C14H25N5O5S/c1-14(2,3)23-13(20)18-8-11(12(9-18)24-25(5,21)22)19-7-10(6-15-4)16-17-19/h7,11-12,15H,6,8-9H2,1-5H3/t11-,12-/m1/s1. The third kappa shape index (κ3) is 5.65. The number of rotatable bonds is 5. The molecule has 2 rings (SSSR count). The van der Waals surface area contributed by atoms with Crippen molar-refractivity contribution in [3.8, 4) is 0 Å². The van der Waals surface area contributed by atoms with Crippen LogP contribution in [0.3, 0.4) is 0 Å². The summed E-state index contributed by atoms with van der Waals surface area (Å²) < 4.78 is 35.2. The maximum absolute atomic E-state index is 12.3. The number of nitrogens with one attached hydrogen (secondary N) is 1. The summed E-state index contributed by atoms with van der Waals surface area (Å²) in [5.74, 6) is 0. The molecule has 1 saturated heterocycles. The molecule has 10 nitrogen and oxygen atoms in total. The molecule has 2 atom stereocenters. The molecule has 11 heteroatoms. The zero-order chi connectivity index (χ0) is 18.8. The van der Waals surface area contributed by atoms with Crippen LogP contribution in [0.1, 0.15) is 32.5 Å². The fraction of sp³-hybridized carbons (Fsp3) is 0.786. The van der Waals surface area contributed by atoms with Crippen LogP contribution in [0, 0.1) is 0 Å². The van der Waals surface area contributed by atoms with E-state index in [2.05, 4.69) is 15.6 Å². The number of carbonyl (C=O) groups is 1. The third-order valence-corrected chi connectivity index (χ3v) is 4.04. The Labute approximate surface area is 147 Å². The van der Waals surface area contributed by atoms with Crippen molar-refractivity contribution in [2.24, 2.45) is 0 Å². The van der Waals surface area contributed by atoms with Gasteiger partial charge in [0, 0.05) is 13.1 Å². The van der Waals surface area contributed by atoms with Crippen LogP contribution in [0.25, 0.3) is 0 Å². The fourth-order valence-electron chi connectivity index (χ4n) is 2.54. The summed E-state index contributed by atoms with van der Waals surface area (Å²) in [6.45, 7) is 6.14. The van der Waals surface area contributed by atoms with Crippen molar-refractivity contribution in [2.75, 3.05) is 26.4 Å². The summed E-state index contributed by atoms with van der Waals surface area (Å²) in [5.41, 5.74) is 0.0617. The van der Waals surface area contributed by atoms with Crippen LogP contribution in [0.15, 0.2) is 6.20 Å². The average molecular weight is 375 g/mol. The lowest BCUT2D eigenvalue weighted by Gasteiger charge is -2.24. The number of carbonyl (C=O) groups excluding carboxylic acids is 1. The van der Waals surface area contributed by atoms with Crippen LogP contribution < -0.4 is 5.32 Å². The first kappa shape index (κ1) is 19.6. The first-order chi connectivity index (χ1) is 11.5. The quantitative estimate of drug-likeness (QED) is 0.722. The Morgan fingerprint density at radius 2 is 2.08 bits per heavy atom. The van der Waals surface area contributed by atoms with Gasteiger partial charge in [-0.05, 0) is 27.8 Å². The summed E-state index contributed by atoms with van der Waals surface area (Å²) in [6, 6.07) is -0.472. The second kappa shape index (κ2) is 7.26. The molecule has 0 spiro atoms. The Morgan fingerprint density at radius 3 is 2.64 bits per heavy atom. The monoisotopic (exact) mass is 375 g/mol. The van der Waals surface area contributed by atoms with Crippen LogP contribution in [0.2, 0.25) is 0 Å². The highest BCUT2D eigenvalue weighted by Crippen LogP contribution is 2.27. The molecule has 0 bridgehead atoms. The SMILES string of the molecule is CNCc1cn([C@@H]2CN(C(=O)OC(C)(C)C)C[C@H]2OS(C)(=O)=O)nn1. The molecule has 0 aliphatic carbocycles. The Balaban J connectivity index is 2.20. The van der Waals surface area contributed by atoms with Gasteiger partial charge in [0.25, 0.3) is 10.1 Å². The minimum absolute atomic E-state index is 0.0911. The second-order valence-corrected chi connectivity index (χ2v) is 8.61. The molecule has 1 amide bonds. The predicted octanol–water partition coefficient (Wildman–Crippen LogP) is 0.134. The summed E-state index contributed by atoms with van der Waals surface area (Å²) in [6.07, 6.45) is 1.41. The minimum atomic E-state index is -3.69. The number of hydrogen-bond acceptors (Lipinski definition) is 8. The summed E-state index contributed by atoms with van der Waals surface area (Å²) >= 11 is 0. The number of likely N-dealkylation sites (tertiary alicyclic amines) is 1. The highest BCUT2D eigenvalue weighted by molar-refractivity contribution is 7.86. The molecule has 1 aromatic heterocycles. The first-order valence-electron chi connectivity index (χ1n) is 7.90. The molecule has 1 aromatic rings. The minimum Gasteiger partial charge on any atom is -0.444 e. The second-order valence-electron chi connectivity index (χ2n) is 7.01. The molecular weight excluding hydrogens is 350 g/mol. The summed E-state index contributed by atoms with van der Waals surface area (Å²) in [4.78, 5) is 13.7. The van der Waals surface area contributed by atoms with Crippen molar-refractivity contribution in [1.29, 1.82) is 0 Å². The molecule has 0 saturated carbocycles. The Kier molecular flexibility index (Phi) is 5.69.